The Morgan fingerprint density at radius 3 is 1.33 bits per heavy atom. The highest BCUT2D eigenvalue weighted by molar-refractivity contribution is 6.33. The Labute approximate surface area is 74.4 Å². The molecule has 74 valence electrons. The molecule has 0 fully saturated rings. The second-order valence-corrected chi connectivity index (χ2v) is 2.80. The SMILES string of the molecule is COC(Cl)(C(F)(F)F)C(F)(F)Cl. The molecule has 12 heavy (non-hydrogen) atoms. The van der Waals surface area contributed by atoms with Gasteiger partial charge in [-0.2, -0.15) is 22.0 Å². The third-order valence-corrected chi connectivity index (χ3v) is 1.98. The summed E-state index contributed by atoms with van der Waals surface area (Å²) in [6.07, 6.45) is -5.45. The average Bonchev–Trinajstić information content (AvgIpc) is 1.81. The van der Waals surface area contributed by atoms with E-state index in [1.165, 1.54) is 0 Å². The largest absolute Gasteiger partial charge is 0.439 e. The summed E-state index contributed by atoms with van der Waals surface area (Å²) in [6, 6.07) is 0. The standard InChI is InChI=1S/C4H3Cl2F5O/c1-12-2(5,3(6,7)8)4(9,10)11/h1H3. The van der Waals surface area contributed by atoms with Gasteiger partial charge in [0.05, 0.1) is 0 Å². The van der Waals surface area contributed by atoms with Gasteiger partial charge in [0.15, 0.2) is 0 Å². The number of alkyl halides is 7. The molecule has 0 rings (SSSR count). The Hall–Kier alpha value is 0.190. The quantitative estimate of drug-likeness (QED) is 0.526. The molecule has 0 N–H and O–H groups in total. The summed E-state index contributed by atoms with van der Waals surface area (Å²) in [5.41, 5.74) is 0. The molecule has 1 atom stereocenters. The Bertz CT molecular complexity index is 148. The van der Waals surface area contributed by atoms with E-state index >= 15 is 0 Å². The van der Waals surface area contributed by atoms with Gasteiger partial charge in [0, 0.05) is 7.11 Å². The first-order chi connectivity index (χ1) is 5.06. The van der Waals surface area contributed by atoms with Crippen molar-refractivity contribution >= 4 is 23.2 Å². The van der Waals surface area contributed by atoms with E-state index in [4.69, 9.17) is 0 Å². The highest BCUT2D eigenvalue weighted by Gasteiger charge is 2.69. The van der Waals surface area contributed by atoms with Crippen LogP contribution in [0.15, 0.2) is 0 Å². The number of hydrogen-bond donors (Lipinski definition) is 0. The van der Waals surface area contributed by atoms with Crippen LogP contribution in [-0.4, -0.2) is 23.7 Å². The van der Waals surface area contributed by atoms with Crippen LogP contribution in [-0.2, 0) is 4.74 Å². The third kappa shape index (κ3) is 1.92. The molecule has 0 spiro atoms. The molecule has 8 heteroatoms. The molecule has 0 saturated carbocycles. The first-order valence-electron chi connectivity index (χ1n) is 2.44. The second kappa shape index (κ2) is 3.16. The highest BCUT2D eigenvalue weighted by atomic mass is 35.5. The lowest BCUT2D eigenvalue weighted by Gasteiger charge is -2.30. The zero-order chi connectivity index (χ0) is 10.2. The minimum atomic E-state index is -5.45. The molecular formula is C4H3Cl2F5O. The van der Waals surface area contributed by atoms with E-state index in [1.54, 1.807) is 0 Å². The van der Waals surface area contributed by atoms with Crippen LogP contribution in [0, 0.1) is 0 Å². The van der Waals surface area contributed by atoms with E-state index in [1.807, 2.05) is 0 Å². The molecule has 0 amide bonds. The van der Waals surface area contributed by atoms with E-state index < -0.39 is 16.6 Å². The maximum Gasteiger partial charge on any atom is 0.439 e. The van der Waals surface area contributed by atoms with Crippen LogP contribution in [0.3, 0.4) is 0 Å². The minimum Gasteiger partial charge on any atom is -0.349 e. The summed E-state index contributed by atoms with van der Waals surface area (Å²) < 4.78 is 62.9. The maximum absolute atomic E-state index is 12.1. The van der Waals surface area contributed by atoms with Crippen molar-refractivity contribution in [2.24, 2.45) is 0 Å². The second-order valence-electron chi connectivity index (χ2n) is 1.79. The molecule has 0 aromatic heterocycles. The van der Waals surface area contributed by atoms with Crippen molar-refractivity contribution in [1.82, 2.24) is 0 Å². The van der Waals surface area contributed by atoms with Crippen LogP contribution in [0.5, 0.6) is 0 Å². The number of rotatable bonds is 2. The molecule has 0 aliphatic heterocycles. The Morgan fingerprint density at radius 2 is 1.33 bits per heavy atom. The summed E-state index contributed by atoms with van der Waals surface area (Å²) in [7, 11) is 0.386. The average molecular weight is 233 g/mol. The maximum atomic E-state index is 12.1. The van der Waals surface area contributed by atoms with Crippen molar-refractivity contribution in [1.29, 1.82) is 0 Å². The summed E-state index contributed by atoms with van der Waals surface area (Å²) >= 11 is 8.56. The van der Waals surface area contributed by atoms with Gasteiger partial charge in [-0.1, -0.05) is 11.6 Å². The minimum absolute atomic E-state index is 0.386. The van der Waals surface area contributed by atoms with E-state index in [2.05, 4.69) is 27.9 Å². The first kappa shape index (κ1) is 12.2. The Balaban J connectivity index is 4.95. The van der Waals surface area contributed by atoms with Crippen molar-refractivity contribution in [3.8, 4) is 0 Å². The van der Waals surface area contributed by atoms with Crippen molar-refractivity contribution < 1.29 is 26.7 Å². The summed E-state index contributed by atoms with van der Waals surface area (Å²) in [5, 5.41) is -8.90. The van der Waals surface area contributed by atoms with Crippen LogP contribution in [0.25, 0.3) is 0 Å². The van der Waals surface area contributed by atoms with Gasteiger partial charge in [-0.25, -0.2) is 0 Å². The Morgan fingerprint density at radius 1 is 1.00 bits per heavy atom. The van der Waals surface area contributed by atoms with Crippen LogP contribution in [0.1, 0.15) is 0 Å². The Kier molecular flexibility index (Phi) is 3.21. The molecule has 0 saturated heterocycles. The van der Waals surface area contributed by atoms with Crippen LogP contribution < -0.4 is 0 Å². The van der Waals surface area contributed by atoms with Gasteiger partial charge in [-0.15, -0.1) is 0 Å². The van der Waals surface area contributed by atoms with E-state index in [0.717, 1.165) is 0 Å². The van der Waals surface area contributed by atoms with Gasteiger partial charge >= 0.3 is 16.6 Å². The van der Waals surface area contributed by atoms with Crippen LogP contribution in [0.4, 0.5) is 22.0 Å². The molecule has 0 bridgehead atoms. The fraction of sp³-hybridized carbons (Fsp3) is 1.00. The molecule has 1 nitrogen and oxygen atoms in total. The topological polar surface area (TPSA) is 9.23 Å². The fourth-order valence-electron chi connectivity index (χ4n) is 0.392. The van der Waals surface area contributed by atoms with Gasteiger partial charge in [-0.05, 0) is 11.6 Å². The molecule has 0 heterocycles. The van der Waals surface area contributed by atoms with E-state index in [-0.39, 0.29) is 0 Å². The molecule has 1 unspecified atom stereocenters. The fourth-order valence-corrected chi connectivity index (χ4v) is 0.576. The van der Waals surface area contributed by atoms with E-state index in [9.17, 15) is 22.0 Å². The number of methoxy groups -OCH3 is 1. The van der Waals surface area contributed by atoms with E-state index in [0.29, 0.717) is 7.11 Å². The first-order valence-corrected chi connectivity index (χ1v) is 3.19. The van der Waals surface area contributed by atoms with Gasteiger partial charge in [0.25, 0.3) is 0 Å². The van der Waals surface area contributed by atoms with Crippen LogP contribution in [0.2, 0.25) is 0 Å². The van der Waals surface area contributed by atoms with Gasteiger partial charge in [0.1, 0.15) is 0 Å². The predicted octanol–water partition coefficient (Wildman–Crippen LogP) is 2.96. The van der Waals surface area contributed by atoms with Crippen molar-refractivity contribution in [3.05, 3.63) is 0 Å². The van der Waals surface area contributed by atoms with Gasteiger partial charge in [-0.3, -0.25) is 0 Å². The number of ether oxygens (including phenoxy) is 1. The zero-order valence-electron chi connectivity index (χ0n) is 5.55. The van der Waals surface area contributed by atoms with Crippen molar-refractivity contribution in [2.45, 2.75) is 16.6 Å². The molecule has 0 aromatic carbocycles. The van der Waals surface area contributed by atoms with Gasteiger partial charge < -0.3 is 4.74 Å². The number of hydrogen-bond acceptors (Lipinski definition) is 1. The van der Waals surface area contributed by atoms with Gasteiger partial charge in [0.2, 0.25) is 0 Å². The van der Waals surface area contributed by atoms with Crippen LogP contribution >= 0.6 is 23.2 Å². The summed E-state index contributed by atoms with van der Waals surface area (Å²) in [6.45, 7) is 0. The smallest absolute Gasteiger partial charge is 0.349 e. The number of halogens is 7. The lowest BCUT2D eigenvalue weighted by atomic mass is 10.3. The normalized spacial score (nSPS) is 19.0. The molecule has 0 aromatic rings. The van der Waals surface area contributed by atoms with Crippen molar-refractivity contribution in [2.75, 3.05) is 7.11 Å². The molecular weight excluding hydrogens is 230 g/mol. The van der Waals surface area contributed by atoms with Crippen molar-refractivity contribution in [3.63, 3.8) is 0 Å². The molecule has 0 radical (unpaired) electrons. The monoisotopic (exact) mass is 232 g/mol. The summed E-state index contributed by atoms with van der Waals surface area (Å²) in [5.74, 6) is 0. The molecule has 0 aliphatic carbocycles. The zero-order valence-corrected chi connectivity index (χ0v) is 7.07. The lowest BCUT2D eigenvalue weighted by molar-refractivity contribution is -0.279. The predicted molar refractivity (Wildman–Crippen MR) is 32.4 cm³/mol. The molecule has 0 aliphatic rings. The highest BCUT2D eigenvalue weighted by Crippen LogP contribution is 2.49. The third-order valence-electron chi connectivity index (χ3n) is 1.01. The summed E-state index contributed by atoms with van der Waals surface area (Å²) in [4.78, 5) is 0. The lowest BCUT2D eigenvalue weighted by Crippen LogP contribution is -2.53.